The van der Waals surface area contributed by atoms with Gasteiger partial charge in [0.1, 0.15) is 0 Å². The van der Waals surface area contributed by atoms with E-state index >= 15 is 0 Å². The lowest BCUT2D eigenvalue weighted by Crippen LogP contribution is -1.99. The molecule has 7 heteroatoms. The minimum absolute atomic E-state index is 0.246. The number of anilines is 1. The Labute approximate surface area is 118 Å². The number of rotatable bonds is 2. The Balaban J connectivity index is 1.71. The SMILES string of the molecule is Nc1nc2ccc(-c3nc(C4CCOC4)no3)cc2s1. The zero-order valence-electron chi connectivity index (χ0n) is 10.6. The lowest BCUT2D eigenvalue weighted by molar-refractivity contribution is 0.192. The summed E-state index contributed by atoms with van der Waals surface area (Å²) in [7, 11) is 0. The van der Waals surface area contributed by atoms with Crippen molar-refractivity contribution in [2.75, 3.05) is 18.9 Å². The van der Waals surface area contributed by atoms with Crippen LogP contribution in [0.5, 0.6) is 0 Å². The summed E-state index contributed by atoms with van der Waals surface area (Å²) < 4.78 is 11.7. The first-order valence-electron chi connectivity index (χ1n) is 6.37. The summed E-state index contributed by atoms with van der Waals surface area (Å²) in [5.74, 6) is 1.50. The van der Waals surface area contributed by atoms with E-state index in [1.165, 1.54) is 11.3 Å². The maximum Gasteiger partial charge on any atom is 0.257 e. The van der Waals surface area contributed by atoms with Gasteiger partial charge in [-0.1, -0.05) is 16.5 Å². The van der Waals surface area contributed by atoms with Gasteiger partial charge in [-0.15, -0.1) is 0 Å². The quantitative estimate of drug-likeness (QED) is 0.779. The molecule has 6 nitrogen and oxygen atoms in total. The minimum Gasteiger partial charge on any atom is -0.381 e. The molecule has 0 saturated carbocycles. The van der Waals surface area contributed by atoms with Crippen LogP contribution in [0.3, 0.4) is 0 Å². The lowest BCUT2D eigenvalue weighted by atomic mass is 10.1. The Morgan fingerprint density at radius 1 is 1.30 bits per heavy atom. The number of aromatic nitrogens is 3. The van der Waals surface area contributed by atoms with Crippen LogP contribution in [-0.4, -0.2) is 28.3 Å². The van der Waals surface area contributed by atoms with Gasteiger partial charge >= 0.3 is 0 Å². The molecule has 0 amide bonds. The fourth-order valence-electron chi connectivity index (χ4n) is 2.33. The van der Waals surface area contributed by atoms with Crippen molar-refractivity contribution < 1.29 is 9.26 Å². The van der Waals surface area contributed by atoms with E-state index in [1.807, 2.05) is 18.2 Å². The molecular weight excluding hydrogens is 276 g/mol. The predicted octanol–water partition coefficient (Wildman–Crippen LogP) is 2.43. The van der Waals surface area contributed by atoms with Crippen molar-refractivity contribution in [2.24, 2.45) is 0 Å². The maximum absolute atomic E-state index is 5.71. The summed E-state index contributed by atoms with van der Waals surface area (Å²) >= 11 is 1.45. The Morgan fingerprint density at radius 2 is 2.25 bits per heavy atom. The molecule has 3 aromatic rings. The number of ether oxygens (including phenoxy) is 1. The van der Waals surface area contributed by atoms with Gasteiger partial charge in [0.2, 0.25) is 0 Å². The molecule has 1 unspecified atom stereocenters. The first-order chi connectivity index (χ1) is 9.79. The van der Waals surface area contributed by atoms with E-state index in [4.69, 9.17) is 15.0 Å². The first kappa shape index (κ1) is 11.8. The molecule has 1 aliphatic heterocycles. The first-order valence-corrected chi connectivity index (χ1v) is 7.19. The fraction of sp³-hybridized carbons (Fsp3) is 0.308. The molecule has 1 aliphatic rings. The molecule has 4 rings (SSSR count). The van der Waals surface area contributed by atoms with E-state index in [2.05, 4.69) is 15.1 Å². The lowest BCUT2D eigenvalue weighted by Gasteiger charge is -1.97. The normalized spacial score (nSPS) is 18.9. The average molecular weight is 288 g/mol. The molecule has 2 aromatic heterocycles. The Kier molecular flexibility index (Phi) is 2.68. The molecule has 0 bridgehead atoms. The highest BCUT2D eigenvalue weighted by Gasteiger charge is 2.23. The molecule has 1 fully saturated rings. The number of fused-ring (bicyclic) bond motifs is 1. The van der Waals surface area contributed by atoms with Gasteiger partial charge in [-0.05, 0) is 24.6 Å². The third-order valence-corrected chi connectivity index (χ3v) is 4.24. The molecule has 0 aliphatic carbocycles. The molecule has 1 aromatic carbocycles. The summed E-state index contributed by atoms with van der Waals surface area (Å²) in [5.41, 5.74) is 7.49. The van der Waals surface area contributed by atoms with Crippen LogP contribution in [-0.2, 0) is 4.74 Å². The standard InChI is InChI=1S/C13H12N4O2S/c14-13-15-9-2-1-7(5-10(9)20-13)12-16-11(17-19-12)8-3-4-18-6-8/h1-2,5,8H,3-4,6H2,(H2,14,15). The molecule has 1 atom stereocenters. The summed E-state index contributed by atoms with van der Waals surface area (Å²) in [5, 5.41) is 4.62. The topological polar surface area (TPSA) is 87.1 Å². The van der Waals surface area contributed by atoms with E-state index in [1.54, 1.807) is 0 Å². The highest BCUT2D eigenvalue weighted by molar-refractivity contribution is 7.22. The van der Waals surface area contributed by atoms with Crippen LogP contribution in [0.2, 0.25) is 0 Å². The zero-order chi connectivity index (χ0) is 13.5. The number of nitrogens with zero attached hydrogens (tertiary/aromatic N) is 3. The number of thiazole rings is 1. The Hall–Kier alpha value is -1.99. The van der Waals surface area contributed by atoms with Crippen molar-refractivity contribution in [3.8, 4) is 11.5 Å². The summed E-state index contributed by atoms with van der Waals surface area (Å²) in [4.78, 5) is 8.70. The molecule has 0 radical (unpaired) electrons. The largest absolute Gasteiger partial charge is 0.381 e. The van der Waals surface area contributed by atoms with Gasteiger partial charge in [0.05, 0.1) is 16.8 Å². The smallest absolute Gasteiger partial charge is 0.257 e. The monoisotopic (exact) mass is 288 g/mol. The van der Waals surface area contributed by atoms with Crippen LogP contribution in [0.15, 0.2) is 22.7 Å². The van der Waals surface area contributed by atoms with Gasteiger partial charge in [0.15, 0.2) is 11.0 Å². The van der Waals surface area contributed by atoms with E-state index in [9.17, 15) is 0 Å². The van der Waals surface area contributed by atoms with E-state index in [0.717, 1.165) is 34.6 Å². The Bertz CT molecular complexity index is 761. The van der Waals surface area contributed by atoms with Crippen LogP contribution >= 0.6 is 11.3 Å². The summed E-state index contributed by atoms with van der Waals surface area (Å²) in [6.45, 7) is 1.43. The summed E-state index contributed by atoms with van der Waals surface area (Å²) in [6, 6.07) is 5.82. The van der Waals surface area contributed by atoms with Crippen LogP contribution in [0.1, 0.15) is 18.2 Å². The van der Waals surface area contributed by atoms with Gasteiger partial charge < -0.3 is 15.0 Å². The second kappa shape index (κ2) is 4.53. The highest BCUT2D eigenvalue weighted by Crippen LogP contribution is 2.30. The molecule has 3 heterocycles. The van der Waals surface area contributed by atoms with Crippen molar-refractivity contribution in [1.82, 2.24) is 15.1 Å². The van der Waals surface area contributed by atoms with Gasteiger partial charge in [0, 0.05) is 18.1 Å². The maximum atomic E-state index is 5.71. The third-order valence-electron chi connectivity index (χ3n) is 3.39. The number of benzene rings is 1. The van der Waals surface area contributed by atoms with Crippen molar-refractivity contribution >= 4 is 26.7 Å². The molecule has 20 heavy (non-hydrogen) atoms. The predicted molar refractivity (Wildman–Crippen MR) is 75.5 cm³/mol. The molecule has 102 valence electrons. The minimum atomic E-state index is 0.246. The molecule has 2 N–H and O–H groups in total. The van der Waals surface area contributed by atoms with Crippen LogP contribution < -0.4 is 5.73 Å². The van der Waals surface area contributed by atoms with E-state index < -0.39 is 0 Å². The van der Waals surface area contributed by atoms with Crippen molar-refractivity contribution in [2.45, 2.75) is 12.3 Å². The average Bonchev–Trinajstić information content (AvgIpc) is 3.17. The number of hydrogen-bond donors (Lipinski definition) is 1. The van der Waals surface area contributed by atoms with Crippen LogP contribution in [0, 0.1) is 0 Å². The van der Waals surface area contributed by atoms with Crippen molar-refractivity contribution in [3.63, 3.8) is 0 Å². The second-order valence-electron chi connectivity index (χ2n) is 4.75. The zero-order valence-corrected chi connectivity index (χ0v) is 11.4. The Morgan fingerprint density at radius 3 is 3.10 bits per heavy atom. The van der Waals surface area contributed by atoms with Gasteiger partial charge in [-0.3, -0.25) is 0 Å². The highest BCUT2D eigenvalue weighted by atomic mass is 32.1. The number of hydrogen-bond acceptors (Lipinski definition) is 7. The van der Waals surface area contributed by atoms with Gasteiger partial charge in [0.25, 0.3) is 5.89 Å². The molecular formula is C13H12N4O2S. The molecule has 1 saturated heterocycles. The second-order valence-corrected chi connectivity index (χ2v) is 5.82. The van der Waals surface area contributed by atoms with Crippen LogP contribution in [0.4, 0.5) is 5.13 Å². The van der Waals surface area contributed by atoms with E-state index in [0.29, 0.717) is 17.6 Å². The van der Waals surface area contributed by atoms with Crippen molar-refractivity contribution in [1.29, 1.82) is 0 Å². The van der Waals surface area contributed by atoms with Crippen molar-refractivity contribution in [3.05, 3.63) is 24.0 Å². The molecule has 0 spiro atoms. The van der Waals surface area contributed by atoms with E-state index in [-0.39, 0.29) is 5.92 Å². The van der Waals surface area contributed by atoms with Gasteiger partial charge in [-0.25, -0.2) is 4.98 Å². The van der Waals surface area contributed by atoms with Gasteiger partial charge in [-0.2, -0.15) is 4.98 Å². The number of nitrogen functional groups attached to an aromatic ring is 1. The summed E-state index contributed by atoms with van der Waals surface area (Å²) in [6.07, 6.45) is 0.948. The number of nitrogens with two attached hydrogens (primary N) is 1. The third kappa shape index (κ3) is 1.95. The fourth-order valence-corrected chi connectivity index (χ4v) is 3.11. The van der Waals surface area contributed by atoms with Crippen LogP contribution in [0.25, 0.3) is 21.7 Å².